The Morgan fingerprint density at radius 3 is 2.73 bits per heavy atom. The Morgan fingerprint density at radius 2 is 2.27 bits per heavy atom. The van der Waals surface area contributed by atoms with Gasteiger partial charge in [0.15, 0.2) is 0 Å². The van der Waals surface area contributed by atoms with Crippen molar-refractivity contribution in [1.82, 2.24) is 10.2 Å². The van der Waals surface area contributed by atoms with Crippen LogP contribution in [0.3, 0.4) is 0 Å². The zero-order chi connectivity index (χ0) is 11.4. The third-order valence-electron chi connectivity index (χ3n) is 3.18. The molecule has 1 rings (SSSR count). The van der Waals surface area contributed by atoms with Gasteiger partial charge in [0, 0.05) is 36.8 Å². The lowest BCUT2D eigenvalue weighted by molar-refractivity contribution is 0.109. The Bertz CT molecular complexity index is 216. The van der Waals surface area contributed by atoms with Gasteiger partial charge in [-0.05, 0) is 12.3 Å². The van der Waals surface area contributed by atoms with Gasteiger partial charge in [0.25, 0.3) is 0 Å². The number of nitrogens with one attached hydrogen (secondary N) is 1. The molecule has 0 aromatic rings. The molecule has 0 aromatic carbocycles. The minimum Gasteiger partial charge on any atom is -0.311 e. The summed E-state index contributed by atoms with van der Waals surface area (Å²) < 4.78 is 0. The van der Waals surface area contributed by atoms with Crippen LogP contribution in [-0.2, 0) is 0 Å². The van der Waals surface area contributed by atoms with Crippen LogP contribution in [0.15, 0.2) is 11.6 Å². The van der Waals surface area contributed by atoms with Crippen molar-refractivity contribution in [2.75, 3.05) is 19.6 Å². The van der Waals surface area contributed by atoms with Crippen molar-refractivity contribution in [3.63, 3.8) is 0 Å². The lowest BCUT2D eigenvalue weighted by Gasteiger charge is -2.42. The standard InChI is InChI=1S/C12H23ClN2/c1-5-11-8-15(7-10(4)13)12(6-14-11)9(2)3/h9,11-12,14H,4-8H2,1-3H3. The fraction of sp³-hybridized carbons (Fsp3) is 0.833. The fourth-order valence-corrected chi connectivity index (χ4v) is 2.39. The van der Waals surface area contributed by atoms with E-state index in [9.17, 15) is 0 Å². The van der Waals surface area contributed by atoms with E-state index in [-0.39, 0.29) is 0 Å². The van der Waals surface area contributed by atoms with E-state index in [4.69, 9.17) is 11.6 Å². The lowest BCUT2D eigenvalue weighted by atomic mass is 9.98. The molecule has 0 aromatic heterocycles. The third kappa shape index (κ3) is 3.78. The highest BCUT2D eigenvalue weighted by atomic mass is 35.5. The van der Waals surface area contributed by atoms with Crippen molar-refractivity contribution in [3.8, 4) is 0 Å². The zero-order valence-corrected chi connectivity index (χ0v) is 10.8. The molecule has 0 aliphatic carbocycles. The minimum absolute atomic E-state index is 0.586. The van der Waals surface area contributed by atoms with Crippen molar-refractivity contribution < 1.29 is 0 Å². The first-order chi connectivity index (χ1) is 7.04. The van der Waals surface area contributed by atoms with E-state index in [1.807, 2.05) is 0 Å². The molecule has 15 heavy (non-hydrogen) atoms. The van der Waals surface area contributed by atoms with Gasteiger partial charge in [0.1, 0.15) is 0 Å². The molecule has 0 bridgehead atoms. The first-order valence-corrected chi connectivity index (χ1v) is 6.23. The number of piperazine rings is 1. The van der Waals surface area contributed by atoms with Crippen molar-refractivity contribution in [1.29, 1.82) is 0 Å². The SMILES string of the molecule is C=C(Cl)CN1CC(CC)NCC1C(C)C. The normalized spacial score (nSPS) is 28.3. The monoisotopic (exact) mass is 230 g/mol. The van der Waals surface area contributed by atoms with Crippen LogP contribution >= 0.6 is 11.6 Å². The van der Waals surface area contributed by atoms with Crippen LogP contribution in [-0.4, -0.2) is 36.6 Å². The van der Waals surface area contributed by atoms with Crippen LogP contribution < -0.4 is 5.32 Å². The van der Waals surface area contributed by atoms with Gasteiger partial charge >= 0.3 is 0 Å². The molecule has 88 valence electrons. The van der Waals surface area contributed by atoms with Gasteiger partial charge in [-0.1, -0.05) is 39.0 Å². The largest absolute Gasteiger partial charge is 0.311 e. The lowest BCUT2D eigenvalue weighted by Crippen LogP contribution is -2.58. The Kier molecular flexibility index (Phi) is 5.10. The maximum Gasteiger partial charge on any atom is 0.0339 e. The highest BCUT2D eigenvalue weighted by Crippen LogP contribution is 2.18. The molecular weight excluding hydrogens is 208 g/mol. The van der Waals surface area contributed by atoms with Gasteiger partial charge in [-0.3, -0.25) is 4.90 Å². The first kappa shape index (κ1) is 13.0. The molecule has 0 spiro atoms. The van der Waals surface area contributed by atoms with Crippen LogP contribution in [0.4, 0.5) is 0 Å². The van der Waals surface area contributed by atoms with E-state index >= 15 is 0 Å². The molecule has 0 saturated carbocycles. The average molecular weight is 231 g/mol. The predicted octanol–water partition coefficient (Wildman–Crippen LogP) is 2.45. The van der Waals surface area contributed by atoms with E-state index in [1.54, 1.807) is 0 Å². The zero-order valence-electron chi connectivity index (χ0n) is 10.1. The molecule has 0 radical (unpaired) electrons. The highest BCUT2D eigenvalue weighted by molar-refractivity contribution is 6.29. The highest BCUT2D eigenvalue weighted by Gasteiger charge is 2.28. The van der Waals surface area contributed by atoms with Gasteiger partial charge in [-0.15, -0.1) is 0 Å². The third-order valence-corrected chi connectivity index (χ3v) is 3.30. The summed E-state index contributed by atoms with van der Waals surface area (Å²) >= 11 is 5.92. The molecule has 1 saturated heterocycles. The Labute approximate surface area is 98.7 Å². The summed E-state index contributed by atoms with van der Waals surface area (Å²) in [6, 6.07) is 1.19. The smallest absolute Gasteiger partial charge is 0.0339 e. The summed E-state index contributed by atoms with van der Waals surface area (Å²) in [6.07, 6.45) is 1.18. The van der Waals surface area contributed by atoms with E-state index in [0.717, 1.165) is 24.7 Å². The van der Waals surface area contributed by atoms with E-state index in [1.165, 1.54) is 6.42 Å². The van der Waals surface area contributed by atoms with Crippen molar-refractivity contribution >= 4 is 11.6 Å². The maximum absolute atomic E-state index is 5.92. The number of hydrogen-bond acceptors (Lipinski definition) is 2. The molecule has 1 heterocycles. The van der Waals surface area contributed by atoms with E-state index in [0.29, 0.717) is 18.0 Å². The summed E-state index contributed by atoms with van der Waals surface area (Å²) in [5.74, 6) is 0.659. The Balaban J connectivity index is 2.60. The second kappa shape index (κ2) is 5.88. The molecule has 1 aliphatic rings. The maximum atomic E-state index is 5.92. The number of nitrogens with zero attached hydrogens (tertiary/aromatic N) is 1. The summed E-state index contributed by atoms with van der Waals surface area (Å²) in [4.78, 5) is 2.46. The summed E-state index contributed by atoms with van der Waals surface area (Å²) in [7, 11) is 0. The predicted molar refractivity (Wildman–Crippen MR) is 67.3 cm³/mol. The number of hydrogen-bond donors (Lipinski definition) is 1. The topological polar surface area (TPSA) is 15.3 Å². The molecular formula is C12H23ClN2. The Morgan fingerprint density at radius 1 is 1.60 bits per heavy atom. The molecule has 1 aliphatic heterocycles. The van der Waals surface area contributed by atoms with Crippen LogP contribution in [0.25, 0.3) is 0 Å². The summed E-state index contributed by atoms with van der Waals surface area (Å²) in [6.45, 7) is 13.5. The van der Waals surface area contributed by atoms with Gasteiger partial charge in [0.05, 0.1) is 0 Å². The van der Waals surface area contributed by atoms with Crippen molar-refractivity contribution in [2.45, 2.75) is 39.3 Å². The van der Waals surface area contributed by atoms with Gasteiger partial charge in [-0.25, -0.2) is 0 Å². The molecule has 0 amide bonds. The molecule has 2 atom stereocenters. The molecule has 2 unspecified atom stereocenters. The van der Waals surface area contributed by atoms with Crippen molar-refractivity contribution in [2.24, 2.45) is 5.92 Å². The van der Waals surface area contributed by atoms with Gasteiger partial charge in [0.2, 0.25) is 0 Å². The van der Waals surface area contributed by atoms with Crippen LogP contribution in [0.2, 0.25) is 0 Å². The molecule has 1 fully saturated rings. The fourth-order valence-electron chi connectivity index (χ4n) is 2.23. The first-order valence-electron chi connectivity index (χ1n) is 5.85. The van der Waals surface area contributed by atoms with E-state index in [2.05, 4.69) is 37.6 Å². The molecule has 1 N–H and O–H groups in total. The van der Waals surface area contributed by atoms with Crippen molar-refractivity contribution in [3.05, 3.63) is 11.6 Å². The van der Waals surface area contributed by atoms with E-state index < -0.39 is 0 Å². The quantitative estimate of drug-likeness (QED) is 0.798. The van der Waals surface area contributed by atoms with Crippen LogP contribution in [0, 0.1) is 5.92 Å². The van der Waals surface area contributed by atoms with Gasteiger partial charge < -0.3 is 5.32 Å². The average Bonchev–Trinajstić information content (AvgIpc) is 2.16. The minimum atomic E-state index is 0.586. The molecule has 3 heteroatoms. The Hall–Kier alpha value is -0.0500. The van der Waals surface area contributed by atoms with Gasteiger partial charge in [-0.2, -0.15) is 0 Å². The number of halogens is 1. The van der Waals surface area contributed by atoms with Crippen LogP contribution in [0.1, 0.15) is 27.2 Å². The number of rotatable bonds is 4. The second-order valence-electron chi connectivity index (χ2n) is 4.77. The van der Waals surface area contributed by atoms with Crippen LogP contribution in [0.5, 0.6) is 0 Å². The summed E-state index contributed by atoms with van der Waals surface area (Å²) in [5, 5.41) is 4.34. The summed E-state index contributed by atoms with van der Waals surface area (Å²) in [5.41, 5.74) is 0. The molecule has 2 nitrogen and oxygen atoms in total. The second-order valence-corrected chi connectivity index (χ2v) is 5.31.